The zero-order valence-corrected chi connectivity index (χ0v) is 8.80. The molecule has 0 fully saturated rings. The largest absolute Gasteiger partial charge is 0.416 e. The van der Waals surface area contributed by atoms with Gasteiger partial charge in [-0.2, -0.15) is 0 Å². The van der Waals surface area contributed by atoms with Gasteiger partial charge in [-0.25, -0.2) is 5.84 Å². The Labute approximate surface area is 85.6 Å². The summed E-state index contributed by atoms with van der Waals surface area (Å²) in [5.41, 5.74) is 2.07. The summed E-state index contributed by atoms with van der Waals surface area (Å²) in [6, 6.07) is 0. The minimum absolute atomic E-state index is 0.0541. The average Bonchev–Trinajstić information content (AvgIpc) is 2.50. The second kappa shape index (κ2) is 4.97. The predicted octanol–water partition coefficient (Wildman–Crippen LogP) is 0.239. The van der Waals surface area contributed by atoms with Gasteiger partial charge in [-0.3, -0.25) is 10.2 Å². The molecule has 7 heteroatoms. The molecule has 0 aliphatic rings. The molecule has 0 aliphatic heterocycles. The predicted molar refractivity (Wildman–Crippen MR) is 51.3 cm³/mol. The number of hydrogen-bond acceptors (Lipinski definition) is 6. The van der Waals surface area contributed by atoms with Crippen LogP contribution in [0.2, 0.25) is 0 Å². The van der Waals surface area contributed by atoms with Gasteiger partial charge in [-0.05, 0) is 0 Å². The van der Waals surface area contributed by atoms with Gasteiger partial charge in [-0.1, -0.05) is 18.7 Å². The number of hydrazine groups is 1. The molecule has 0 saturated carbocycles. The maximum atomic E-state index is 10.9. The minimum atomic E-state index is -0.207. The summed E-state index contributed by atoms with van der Waals surface area (Å²) in [4.78, 5) is 10.9. The highest BCUT2D eigenvalue weighted by Gasteiger charge is 2.12. The maximum Gasteiger partial charge on any atom is 0.276 e. The highest BCUT2D eigenvalue weighted by atomic mass is 32.2. The van der Waals surface area contributed by atoms with Crippen LogP contribution in [0, 0.1) is 6.92 Å². The molecular weight excluding hydrogens is 204 g/mol. The van der Waals surface area contributed by atoms with Crippen molar-refractivity contribution in [1.29, 1.82) is 0 Å². The molecule has 1 unspecified atom stereocenters. The van der Waals surface area contributed by atoms with Gasteiger partial charge in [0.05, 0.1) is 0 Å². The number of aryl methyl sites for hydroxylation is 1. The van der Waals surface area contributed by atoms with Gasteiger partial charge in [0.2, 0.25) is 11.8 Å². The number of hydrogen-bond donors (Lipinski definition) is 2. The Balaban J connectivity index is 2.41. The summed E-state index contributed by atoms with van der Waals surface area (Å²) in [6.45, 7) is 3.60. The van der Waals surface area contributed by atoms with Crippen LogP contribution in [0.5, 0.6) is 0 Å². The highest BCUT2D eigenvalue weighted by Crippen LogP contribution is 2.23. The van der Waals surface area contributed by atoms with Crippen LogP contribution in [0.25, 0.3) is 0 Å². The van der Waals surface area contributed by atoms with Gasteiger partial charge in [0.25, 0.3) is 5.22 Å². The van der Waals surface area contributed by atoms with Crippen molar-refractivity contribution in [2.45, 2.75) is 30.7 Å². The Morgan fingerprint density at radius 2 is 2.43 bits per heavy atom. The van der Waals surface area contributed by atoms with E-state index in [1.165, 1.54) is 11.8 Å². The molecule has 1 heterocycles. The van der Waals surface area contributed by atoms with Crippen LogP contribution >= 0.6 is 11.8 Å². The number of rotatable bonds is 4. The molecule has 1 aromatic rings. The molecule has 6 nitrogen and oxygen atoms in total. The van der Waals surface area contributed by atoms with Crippen molar-refractivity contribution >= 4 is 17.7 Å². The zero-order valence-electron chi connectivity index (χ0n) is 7.98. The number of aromatic nitrogens is 2. The SMILES string of the molecule is Cc1nnc(SC(C)CC(=O)NN)o1. The molecule has 0 aliphatic carbocycles. The monoisotopic (exact) mass is 216 g/mol. The number of nitrogens with one attached hydrogen (secondary N) is 1. The van der Waals surface area contributed by atoms with Gasteiger partial charge < -0.3 is 4.42 Å². The minimum Gasteiger partial charge on any atom is -0.416 e. The lowest BCUT2D eigenvalue weighted by molar-refractivity contribution is -0.121. The number of thioether (sulfide) groups is 1. The molecular formula is C7H12N4O2S. The van der Waals surface area contributed by atoms with E-state index in [0.29, 0.717) is 17.5 Å². The van der Waals surface area contributed by atoms with Gasteiger partial charge in [-0.15, -0.1) is 10.2 Å². The fourth-order valence-electron chi connectivity index (χ4n) is 0.860. The summed E-state index contributed by atoms with van der Waals surface area (Å²) in [7, 11) is 0. The number of nitrogens with two attached hydrogens (primary N) is 1. The molecule has 0 spiro atoms. The van der Waals surface area contributed by atoms with Crippen molar-refractivity contribution in [2.24, 2.45) is 5.84 Å². The van der Waals surface area contributed by atoms with E-state index in [-0.39, 0.29) is 11.2 Å². The molecule has 3 N–H and O–H groups in total. The van der Waals surface area contributed by atoms with Crippen LogP contribution < -0.4 is 11.3 Å². The molecule has 1 rings (SSSR count). The molecule has 1 amide bonds. The maximum absolute atomic E-state index is 10.9. The molecule has 78 valence electrons. The lowest BCUT2D eigenvalue weighted by Crippen LogP contribution is -2.31. The smallest absolute Gasteiger partial charge is 0.276 e. The van der Waals surface area contributed by atoms with Crippen LogP contribution in [-0.2, 0) is 4.79 Å². The summed E-state index contributed by atoms with van der Waals surface area (Å²) in [5, 5.41) is 8.00. The quantitative estimate of drug-likeness (QED) is 0.324. The third-order valence-corrected chi connectivity index (χ3v) is 2.38. The lowest BCUT2D eigenvalue weighted by Gasteiger charge is -2.05. The highest BCUT2D eigenvalue weighted by molar-refractivity contribution is 7.99. The van der Waals surface area contributed by atoms with Gasteiger partial charge >= 0.3 is 0 Å². The molecule has 1 aromatic heterocycles. The Kier molecular flexibility index (Phi) is 3.90. The fraction of sp³-hybridized carbons (Fsp3) is 0.571. The van der Waals surface area contributed by atoms with E-state index in [9.17, 15) is 4.79 Å². The lowest BCUT2D eigenvalue weighted by atomic mass is 10.3. The van der Waals surface area contributed by atoms with Crippen LogP contribution in [0.1, 0.15) is 19.2 Å². The molecule has 14 heavy (non-hydrogen) atoms. The van der Waals surface area contributed by atoms with E-state index in [0.717, 1.165) is 0 Å². The number of nitrogens with zero attached hydrogens (tertiary/aromatic N) is 2. The second-order valence-electron chi connectivity index (χ2n) is 2.79. The van der Waals surface area contributed by atoms with Gasteiger partial charge in [0.15, 0.2) is 0 Å². The first kappa shape index (κ1) is 11.0. The zero-order chi connectivity index (χ0) is 10.6. The van der Waals surface area contributed by atoms with E-state index in [1.54, 1.807) is 6.92 Å². The molecule has 0 bridgehead atoms. The summed E-state index contributed by atoms with van der Waals surface area (Å²) >= 11 is 1.35. The topological polar surface area (TPSA) is 94.0 Å². The van der Waals surface area contributed by atoms with Crippen molar-refractivity contribution in [3.05, 3.63) is 5.89 Å². The summed E-state index contributed by atoms with van der Waals surface area (Å²) in [5.74, 6) is 5.27. The van der Waals surface area contributed by atoms with Crippen LogP contribution in [0.4, 0.5) is 0 Å². The first-order chi connectivity index (χ1) is 6.61. The Bertz CT molecular complexity index is 314. The summed E-state index contributed by atoms with van der Waals surface area (Å²) in [6.07, 6.45) is 0.322. The fourth-order valence-corrected chi connectivity index (χ4v) is 1.70. The van der Waals surface area contributed by atoms with Crippen molar-refractivity contribution in [2.75, 3.05) is 0 Å². The van der Waals surface area contributed by atoms with Gasteiger partial charge in [0.1, 0.15) is 0 Å². The van der Waals surface area contributed by atoms with Crippen molar-refractivity contribution in [1.82, 2.24) is 15.6 Å². The molecule has 0 radical (unpaired) electrons. The average molecular weight is 216 g/mol. The summed E-state index contributed by atoms with van der Waals surface area (Å²) < 4.78 is 5.15. The van der Waals surface area contributed by atoms with Crippen molar-refractivity contribution in [3.63, 3.8) is 0 Å². The van der Waals surface area contributed by atoms with Gasteiger partial charge in [0, 0.05) is 18.6 Å². The third-order valence-electron chi connectivity index (χ3n) is 1.44. The number of carbonyl (C=O) groups is 1. The second-order valence-corrected chi connectivity index (χ2v) is 4.18. The van der Waals surface area contributed by atoms with Crippen LogP contribution in [0.15, 0.2) is 9.64 Å². The van der Waals surface area contributed by atoms with Crippen LogP contribution in [-0.4, -0.2) is 21.4 Å². The van der Waals surface area contributed by atoms with Crippen molar-refractivity contribution < 1.29 is 9.21 Å². The van der Waals surface area contributed by atoms with E-state index in [2.05, 4.69) is 15.6 Å². The van der Waals surface area contributed by atoms with E-state index >= 15 is 0 Å². The Morgan fingerprint density at radius 1 is 1.71 bits per heavy atom. The molecule has 1 atom stereocenters. The third kappa shape index (κ3) is 3.35. The van der Waals surface area contributed by atoms with Crippen molar-refractivity contribution in [3.8, 4) is 0 Å². The first-order valence-electron chi connectivity index (χ1n) is 4.08. The van der Waals surface area contributed by atoms with E-state index in [1.807, 2.05) is 6.92 Å². The van der Waals surface area contributed by atoms with Crippen LogP contribution in [0.3, 0.4) is 0 Å². The first-order valence-corrected chi connectivity index (χ1v) is 4.96. The van der Waals surface area contributed by atoms with E-state index in [4.69, 9.17) is 10.3 Å². The standard InChI is InChI=1S/C7H12N4O2S/c1-4(3-6(12)9-8)14-7-11-10-5(2)13-7/h4H,3,8H2,1-2H3,(H,9,12). The Hall–Kier alpha value is -1.08. The normalized spacial score (nSPS) is 12.5. The van der Waals surface area contributed by atoms with E-state index < -0.39 is 0 Å². The molecule has 0 aromatic carbocycles. The number of carbonyl (C=O) groups excluding carboxylic acids is 1. The molecule has 0 saturated heterocycles. The number of amides is 1. The Morgan fingerprint density at radius 3 is 2.93 bits per heavy atom.